The summed E-state index contributed by atoms with van der Waals surface area (Å²) in [5.41, 5.74) is 6.15. The van der Waals surface area contributed by atoms with Crippen LogP contribution in [0.25, 0.3) is 55.0 Å². The molecule has 10 aromatic carbocycles. The van der Waals surface area contributed by atoms with E-state index in [1.807, 2.05) is 6.92 Å². The molecule has 17 nitrogen and oxygen atoms in total. The quantitative estimate of drug-likeness (QED) is 0.0822. The summed E-state index contributed by atoms with van der Waals surface area (Å²) in [6, 6.07) is 45.1. The zero-order valence-corrected chi connectivity index (χ0v) is 49.0. The first kappa shape index (κ1) is 69.7. The molecule has 92 heavy (non-hydrogen) atoms. The highest BCUT2D eigenvalue weighted by molar-refractivity contribution is 6.05. The van der Waals surface area contributed by atoms with E-state index in [-0.39, 0.29) is 69.8 Å². The van der Waals surface area contributed by atoms with Crippen molar-refractivity contribution in [2.75, 3.05) is 0 Å². The average molecular weight is 1270 g/mol. The van der Waals surface area contributed by atoms with Crippen molar-refractivity contribution < 1.29 is 64.5 Å². The lowest BCUT2D eigenvalue weighted by Crippen LogP contribution is -2.20. The minimum absolute atomic E-state index is 0. The summed E-state index contributed by atoms with van der Waals surface area (Å²) < 4.78 is 105. The molecule has 2 heterocycles. The van der Waals surface area contributed by atoms with E-state index in [1.165, 1.54) is 80.6 Å². The van der Waals surface area contributed by atoms with Crippen molar-refractivity contribution in [3.63, 3.8) is 0 Å². The number of ether oxygens (including phenoxy) is 1. The van der Waals surface area contributed by atoms with Crippen LogP contribution >= 0.6 is 0 Å². The van der Waals surface area contributed by atoms with Gasteiger partial charge in [-0.2, -0.15) is 4.39 Å². The van der Waals surface area contributed by atoms with Crippen LogP contribution in [0.2, 0.25) is 0 Å². The van der Waals surface area contributed by atoms with Gasteiger partial charge in [-0.25, -0.2) is 26.3 Å². The Balaban J connectivity index is 0.000000177. The molecule has 0 saturated heterocycles. The van der Waals surface area contributed by atoms with Crippen LogP contribution in [0.5, 0.6) is 5.75 Å². The van der Waals surface area contributed by atoms with E-state index in [2.05, 4.69) is 0 Å². The fourth-order valence-corrected chi connectivity index (χ4v) is 9.04. The van der Waals surface area contributed by atoms with Crippen molar-refractivity contribution in [2.24, 2.45) is 0 Å². The van der Waals surface area contributed by atoms with Gasteiger partial charge in [0.05, 0.1) is 36.1 Å². The standard InChI is InChI=1S/C14H10F2O.C12H9F3.2C12H8N2O4.C11H12F2O.C6H5NO2.CH4/c1-7-3-5-9-10-6-4-8(2)12(16)14(10)17-13(9)11(7)15;1-6-3-4-8-5-7(2)11(14)12(15)9(8)10(6)13;2*15-13(16)11-5-1-9(2-6-11)10-3-7-12(8-4-10)14(17)18;1-6-5-8-4-3-7(2)14-11(8)10(13)9(6)12;8-7(9)6-4-2-1-3-5-6;/h3-6H,1-2H3;3-5H,1-2H3;2*1-8H;5,7H,3-4H2,1-2H3;1-5H;1H4. The first-order valence-corrected chi connectivity index (χ1v) is 27.3. The molecule has 0 fully saturated rings. The maximum Gasteiger partial charge on any atom is 0.269 e. The first-order chi connectivity index (χ1) is 43.2. The molecular formula is C68H56F7N5O12. The molecular weight excluding hydrogens is 1210 g/mol. The molecule has 0 amide bonds. The van der Waals surface area contributed by atoms with E-state index >= 15 is 0 Å². The Kier molecular flexibility index (Phi) is 23.2. The summed E-state index contributed by atoms with van der Waals surface area (Å²) in [4.78, 5) is 49.7. The van der Waals surface area contributed by atoms with Crippen molar-refractivity contribution >= 4 is 61.1 Å². The normalized spacial score (nSPS) is 11.8. The Morgan fingerprint density at radius 1 is 0.380 bits per heavy atom. The maximum atomic E-state index is 13.9. The molecule has 0 bridgehead atoms. The minimum Gasteiger partial charge on any atom is -0.487 e. The highest BCUT2D eigenvalue weighted by atomic mass is 19.2. The van der Waals surface area contributed by atoms with Crippen LogP contribution in [0.1, 0.15) is 54.2 Å². The summed E-state index contributed by atoms with van der Waals surface area (Å²) >= 11 is 0. The van der Waals surface area contributed by atoms with E-state index in [9.17, 15) is 81.3 Å². The van der Waals surface area contributed by atoms with Gasteiger partial charge in [-0.3, -0.25) is 50.6 Å². The van der Waals surface area contributed by atoms with Crippen LogP contribution in [0.4, 0.5) is 59.2 Å². The number of benzene rings is 10. The molecule has 1 aliphatic heterocycles. The number of rotatable bonds is 7. The number of hydrogen-bond donors (Lipinski definition) is 0. The number of fused-ring (bicyclic) bond motifs is 5. The van der Waals surface area contributed by atoms with Gasteiger partial charge in [-0.15, -0.1) is 0 Å². The van der Waals surface area contributed by atoms with Gasteiger partial charge in [-0.05, 0) is 176 Å². The number of aryl methyl sites for hydroxylation is 6. The first-order valence-electron chi connectivity index (χ1n) is 27.3. The molecule has 11 aromatic rings. The Bertz CT molecular complexity index is 4240. The zero-order valence-electron chi connectivity index (χ0n) is 49.0. The predicted octanol–water partition coefficient (Wildman–Crippen LogP) is 19.9. The SMILES string of the molecule is C.Cc1cc2c(c(F)c1F)OC(C)CC2.Cc1cc2ccc(C)c(F)c2c(F)c1F.Cc1ccc2c(oc3c(F)c(C)ccc32)c1F.O=[N+]([O-])c1ccc(-c2ccc([N+](=O)[O-])cc2)cc1.O=[N+]([O-])c1ccc(-c2ccc([N+](=O)[O-])cc2)cc1.O=[N+]([O-])c1ccccc1. The highest BCUT2D eigenvalue weighted by Crippen LogP contribution is 2.36. The number of furan rings is 1. The van der Waals surface area contributed by atoms with Crippen molar-refractivity contribution in [1.29, 1.82) is 0 Å². The zero-order chi connectivity index (χ0) is 66.5. The molecule has 474 valence electrons. The van der Waals surface area contributed by atoms with E-state index in [0.717, 1.165) is 40.7 Å². The molecule has 1 aromatic heterocycles. The minimum atomic E-state index is -1.11. The van der Waals surface area contributed by atoms with E-state index in [1.54, 1.807) is 130 Å². The second-order valence-electron chi connectivity index (χ2n) is 20.4. The monoisotopic (exact) mass is 1270 g/mol. The highest BCUT2D eigenvalue weighted by Gasteiger charge is 2.24. The number of nitrogens with zero attached hydrogens (tertiary/aromatic N) is 5. The average Bonchev–Trinajstić information content (AvgIpc) is 1.52. The van der Waals surface area contributed by atoms with Gasteiger partial charge >= 0.3 is 0 Å². The van der Waals surface area contributed by atoms with E-state index in [0.29, 0.717) is 38.4 Å². The van der Waals surface area contributed by atoms with Gasteiger partial charge in [-0.1, -0.05) is 62.0 Å². The molecule has 0 radical (unpaired) electrons. The number of para-hydroxylation sites is 1. The largest absolute Gasteiger partial charge is 0.487 e. The molecule has 0 aliphatic carbocycles. The molecule has 1 unspecified atom stereocenters. The fourth-order valence-electron chi connectivity index (χ4n) is 9.04. The topological polar surface area (TPSA) is 238 Å². The Morgan fingerprint density at radius 2 is 0.717 bits per heavy atom. The Hall–Kier alpha value is -11.4. The second-order valence-corrected chi connectivity index (χ2v) is 20.4. The predicted molar refractivity (Wildman–Crippen MR) is 336 cm³/mol. The summed E-state index contributed by atoms with van der Waals surface area (Å²) in [7, 11) is 0. The van der Waals surface area contributed by atoms with Crippen molar-refractivity contribution in [2.45, 2.75) is 67.9 Å². The van der Waals surface area contributed by atoms with E-state index < -0.39 is 65.3 Å². The summed E-state index contributed by atoms with van der Waals surface area (Å²) in [5.74, 6) is -5.15. The summed E-state index contributed by atoms with van der Waals surface area (Å²) in [5, 5.41) is 53.3. The van der Waals surface area contributed by atoms with Crippen molar-refractivity contribution in [3.8, 4) is 28.0 Å². The van der Waals surface area contributed by atoms with Gasteiger partial charge in [0.25, 0.3) is 28.4 Å². The number of nitro groups is 5. The molecule has 1 aliphatic rings. The van der Waals surface area contributed by atoms with Crippen LogP contribution in [0.3, 0.4) is 0 Å². The third kappa shape index (κ3) is 16.6. The van der Waals surface area contributed by atoms with Gasteiger partial charge in [0.15, 0.2) is 46.0 Å². The lowest BCUT2D eigenvalue weighted by atomic mass is 10.0. The van der Waals surface area contributed by atoms with Gasteiger partial charge < -0.3 is 9.15 Å². The molecule has 24 heteroatoms. The molecule has 0 N–H and O–H groups in total. The summed E-state index contributed by atoms with van der Waals surface area (Å²) in [6.07, 6.45) is 1.59. The van der Waals surface area contributed by atoms with Gasteiger partial charge in [0.1, 0.15) is 5.82 Å². The molecule has 0 saturated carbocycles. The second kappa shape index (κ2) is 30.7. The molecule has 1 atom stereocenters. The van der Waals surface area contributed by atoms with Gasteiger partial charge in [0.2, 0.25) is 5.82 Å². The third-order valence-electron chi connectivity index (χ3n) is 14.1. The third-order valence-corrected chi connectivity index (χ3v) is 14.1. The van der Waals surface area contributed by atoms with E-state index in [4.69, 9.17) is 9.15 Å². The smallest absolute Gasteiger partial charge is 0.269 e. The molecule has 12 rings (SSSR count). The number of nitro benzene ring substituents is 5. The number of non-ortho nitro benzene ring substituents is 5. The fraction of sp³-hybridized carbons (Fsp3) is 0.147. The number of hydrogen-bond acceptors (Lipinski definition) is 12. The van der Waals surface area contributed by atoms with Crippen LogP contribution in [0, 0.1) is 126 Å². The molecule has 0 spiro atoms. The van der Waals surface area contributed by atoms with Gasteiger partial charge in [0, 0.05) is 71.4 Å². The van der Waals surface area contributed by atoms with Crippen LogP contribution in [-0.4, -0.2) is 30.7 Å². The Morgan fingerprint density at radius 3 is 1.09 bits per heavy atom. The van der Waals surface area contributed by atoms with Crippen LogP contribution < -0.4 is 4.74 Å². The number of halogens is 7. The van der Waals surface area contributed by atoms with Crippen LogP contribution in [0.15, 0.2) is 180 Å². The lowest BCUT2D eigenvalue weighted by Gasteiger charge is -2.24. The Labute approximate surface area is 520 Å². The lowest BCUT2D eigenvalue weighted by molar-refractivity contribution is -0.385. The van der Waals surface area contributed by atoms with Crippen molar-refractivity contribution in [3.05, 3.63) is 301 Å². The maximum absolute atomic E-state index is 13.9. The summed E-state index contributed by atoms with van der Waals surface area (Å²) in [6.45, 7) is 9.71. The van der Waals surface area contributed by atoms with Crippen LogP contribution in [-0.2, 0) is 6.42 Å². The van der Waals surface area contributed by atoms with Crippen molar-refractivity contribution in [1.82, 2.24) is 0 Å².